The Kier molecular flexibility index (Phi) is 3.79. The van der Waals surface area contributed by atoms with Gasteiger partial charge < -0.3 is 9.84 Å². The predicted molar refractivity (Wildman–Crippen MR) is 72.3 cm³/mol. The van der Waals surface area contributed by atoms with Crippen molar-refractivity contribution in [1.82, 2.24) is 0 Å². The topological polar surface area (TPSA) is 29.5 Å². The summed E-state index contributed by atoms with van der Waals surface area (Å²) in [6, 6.07) is 5.84. The molecular weight excluding hydrogens is 280 g/mol. The van der Waals surface area contributed by atoms with E-state index < -0.39 is 6.10 Å². The molecular formula is C14H19BrO2. The van der Waals surface area contributed by atoms with Crippen LogP contribution in [0.4, 0.5) is 0 Å². The predicted octanol–water partition coefficient (Wildman–Crippen LogP) is 4.21. The summed E-state index contributed by atoms with van der Waals surface area (Å²) in [4.78, 5) is 0. The monoisotopic (exact) mass is 298 g/mol. The van der Waals surface area contributed by atoms with Gasteiger partial charge in [-0.1, -0.05) is 42.3 Å². The molecule has 1 unspecified atom stereocenters. The highest BCUT2D eigenvalue weighted by molar-refractivity contribution is 9.10. The van der Waals surface area contributed by atoms with Crippen LogP contribution < -0.4 is 4.74 Å². The van der Waals surface area contributed by atoms with Crippen LogP contribution in [0.25, 0.3) is 0 Å². The first-order valence-corrected chi connectivity index (χ1v) is 7.06. The molecule has 1 aromatic rings. The minimum absolute atomic E-state index is 0.192. The number of hydrogen-bond acceptors (Lipinski definition) is 2. The Bertz CT molecular complexity index is 405. The van der Waals surface area contributed by atoms with Gasteiger partial charge in [0.2, 0.25) is 0 Å². The van der Waals surface area contributed by atoms with Crippen LogP contribution in [0, 0.1) is 0 Å². The van der Waals surface area contributed by atoms with Gasteiger partial charge in [-0.2, -0.15) is 0 Å². The van der Waals surface area contributed by atoms with Crippen LogP contribution in [0.3, 0.4) is 0 Å². The van der Waals surface area contributed by atoms with Crippen molar-refractivity contribution in [1.29, 1.82) is 0 Å². The van der Waals surface area contributed by atoms with Crippen LogP contribution in [-0.4, -0.2) is 10.7 Å². The number of aliphatic hydroxyl groups is 1. The fraction of sp³-hybridized carbons (Fsp3) is 0.571. The standard InChI is InChI=1S/C14H19BrO2/c1-3-7-14(4-2)9-12(16)11-6-5-10(15)8-13(11)17-14/h5-6,8,12,16H,3-4,7,9H2,1-2H3/t12-,14?/m0/s1. The number of benzene rings is 1. The summed E-state index contributed by atoms with van der Waals surface area (Å²) in [5.41, 5.74) is 0.718. The van der Waals surface area contributed by atoms with E-state index in [-0.39, 0.29) is 5.60 Å². The summed E-state index contributed by atoms with van der Waals surface area (Å²) in [5.74, 6) is 0.827. The van der Waals surface area contributed by atoms with E-state index in [0.717, 1.165) is 35.0 Å². The molecule has 0 amide bonds. The zero-order chi connectivity index (χ0) is 12.5. The number of aliphatic hydroxyl groups excluding tert-OH is 1. The van der Waals surface area contributed by atoms with E-state index in [1.54, 1.807) is 0 Å². The third kappa shape index (κ3) is 2.50. The van der Waals surface area contributed by atoms with Crippen LogP contribution >= 0.6 is 15.9 Å². The molecule has 2 nitrogen and oxygen atoms in total. The van der Waals surface area contributed by atoms with E-state index in [1.165, 1.54) is 0 Å². The lowest BCUT2D eigenvalue weighted by atomic mass is 9.84. The molecule has 1 aliphatic heterocycles. The van der Waals surface area contributed by atoms with E-state index in [4.69, 9.17) is 4.74 Å². The smallest absolute Gasteiger partial charge is 0.127 e. The maximum absolute atomic E-state index is 10.3. The van der Waals surface area contributed by atoms with Crippen molar-refractivity contribution in [3.05, 3.63) is 28.2 Å². The van der Waals surface area contributed by atoms with Crippen molar-refractivity contribution >= 4 is 15.9 Å². The Morgan fingerprint density at radius 2 is 2.24 bits per heavy atom. The summed E-state index contributed by atoms with van der Waals surface area (Å²) in [6.07, 6.45) is 3.30. The van der Waals surface area contributed by atoms with Crippen LogP contribution in [0.1, 0.15) is 51.2 Å². The van der Waals surface area contributed by atoms with Crippen molar-refractivity contribution in [2.24, 2.45) is 0 Å². The zero-order valence-electron chi connectivity index (χ0n) is 10.4. The molecule has 17 heavy (non-hydrogen) atoms. The second-order valence-corrected chi connectivity index (χ2v) is 5.71. The molecule has 1 N–H and O–H groups in total. The second-order valence-electron chi connectivity index (χ2n) is 4.79. The molecule has 0 saturated heterocycles. The minimum atomic E-state index is -0.404. The molecule has 0 saturated carbocycles. The summed E-state index contributed by atoms with van der Waals surface area (Å²) < 4.78 is 7.16. The van der Waals surface area contributed by atoms with E-state index in [9.17, 15) is 5.11 Å². The van der Waals surface area contributed by atoms with Crippen molar-refractivity contribution in [3.63, 3.8) is 0 Å². The van der Waals surface area contributed by atoms with Crippen LogP contribution in [0.2, 0.25) is 0 Å². The number of halogens is 1. The Morgan fingerprint density at radius 1 is 1.47 bits per heavy atom. The lowest BCUT2D eigenvalue weighted by molar-refractivity contribution is -0.0232. The molecule has 2 rings (SSSR count). The largest absolute Gasteiger partial charge is 0.487 e. The van der Waals surface area contributed by atoms with Gasteiger partial charge in [0.1, 0.15) is 11.4 Å². The lowest BCUT2D eigenvalue weighted by Crippen LogP contribution is -2.40. The third-order valence-corrected chi connectivity index (χ3v) is 4.07. The summed E-state index contributed by atoms with van der Waals surface area (Å²) >= 11 is 3.45. The SMILES string of the molecule is CCCC1(CC)C[C@H](O)c2ccc(Br)cc2O1. The summed E-state index contributed by atoms with van der Waals surface area (Å²) in [7, 11) is 0. The molecule has 94 valence electrons. The first-order chi connectivity index (χ1) is 8.10. The quantitative estimate of drug-likeness (QED) is 0.905. The highest BCUT2D eigenvalue weighted by Crippen LogP contribution is 2.44. The fourth-order valence-corrected chi connectivity index (χ4v) is 2.95. The zero-order valence-corrected chi connectivity index (χ0v) is 12.0. The van der Waals surface area contributed by atoms with E-state index in [2.05, 4.69) is 29.8 Å². The molecule has 2 atom stereocenters. The normalized spacial score (nSPS) is 27.4. The number of rotatable bonds is 3. The molecule has 1 heterocycles. The van der Waals surface area contributed by atoms with Crippen LogP contribution in [0.15, 0.2) is 22.7 Å². The van der Waals surface area contributed by atoms with Crippen molar-refractivity contribution in [2.75, 3.05) is 0 Å². The van der Waals surface area contributed by atoms with Gasteiger partial charge in [-0.15, -0.1) is 0 Å². The maximum Gasteiger partial charge on any atom is 0.127 e. The fourth-order valence-electron chi connectivity index (χ4n) is 2.61. The molecule has 1 aromatic carbocycles. The second kappa shape index (κ2) is 4.99. The van der Waals surface area contributed by atoms with Gasteiger partial charge in [0.15, 0.2) is 0 Å². The lowest BCUT2D eigenvalue weighted by Gasteiger charge is -2.40. The Balaban J connectivity index is 2.36. The molecule has 0 radical (unpaired) electrons. The van der Waals surface area contributed by atoms with Gasteiger partial charge in [0.05, 0.1) is 6.10 Å². The highest BCUT2D eigenvalue weighted by atomic mass is 79.9. The first kappa shape index (κ1) is 12.9. The van der Waals surface area contributed by atoms with E-state index in [0.29, 0.717) is 6.42 Å². The van der Waals surface area contributed by atoms with Gasteiger partial charge in [-0.3, -0.25) is 0 Å². The Labute approximate surface area is 111 Å². The third-order valence-electron chi connectivity index (χ3n) is 3.58. The molecule has 3 heteroatoms. The highest BCUT2D eigenvalue weighted by Gasteiger charge is 2.38. The van der Waals surface area contributed by atoms with Crippen molar-refractivity contribution < 1.29 is 9.84 Å². The van der Waals surface area contributed by atoms with Gasteiger partial charge in [0, 0.05) is 16.5 Å². The van der Waals surface area contributed by atoms with Crippen molar-refractivity contribution in [2.45, 2.75) is 51.2 Å². The molecule has 0 aliphatic carbocycles. The van der Waals surface area contributed by atoms with E-state index in [1.807, 2.05) is 18.2 Å². The average molecular weight is 299 g/mol. The first-order valence-electron chi connectivity index (χ1n) is 6.27. The van der Waals surface area contributed by atoms with Crippen LogP contribution in [0.5, 0.6) is 5.75 Å². The van der Waals surface area contributed by atoms with Crippen molar-refractivity contribution in [3.8, 4) is 5.75 Å². The number of ether oxygens (including phenoxy) is 1. The molecule has 1 aliphatic rings. The van der Waals surface area contributed by atoms with Gasteiger partial charge in [0.25, 0.3) is 0 Å². The van der Waals surface area contributed by atoms with E-state index >= 15 is 0 Å². The molecule has 0 bridgehead atoms. The van der Waals surface area contributed by atoms with Gasteiger partial charge in [-0.05, 0) is 25.0 Å². The Morgan fingerprint density at radius 3 is 2.88 bits per heavy atom. The summed E-state index contributed by atoms with van der Waals surface area (Å²) in [6.45, 7) is 4.29. The summed E-state index contributed by atoms with van der Waals surface area (Å²) in [5, 5.41) is 10.3. The molecule has 0 fully saturated rings. The minimum Gasteiger partial charge on any atom is -0.487 e. The maximum atomic E-state index is 10.3. The van der Waals surface area contributed by atoms with Crippen LogP contribution in [-0.2, 0) is 0 Å². The number of hydrogen-bond donors (Lipinski definition) is 1. The molecule has 0 spiro atoms. The van der Waals surface area contributed by atoms with Gasteiger partial charge in [-0.25, -0.2) is 0 Å². The Hall–Kier alpha value is -0.540. The average Bonchev–Trinajstić information content (AvgIpc) is 2.28. The number of fused-ring (bicyclic) bond motifs is 1. The van der Waals surface area contributed by atoms with Gasteiger partial charge >= 0.3 is 0 Å². The molecule has 0 aromatic heterocycles.